The van der Waals surface area contributed by atoms with E-state index in [1.807, 2.05) is 13.8 Å². The third-order valence-corrected chi connectivity index (χ3v) is 4.02. The van der Waals surface area contributed by atoms with Gasteiger partial charge in [0.25, 0.3) is 11.5 Å². The van der Waals surface area contributed by atoms with E-state index in [9.17, 15) is 14.4 Å². The molecule has 1 atom stereocenters. The Morgan fingerprint density at radius 1 is 1.08 bits per heavy atom. The molecule has 0 radical (unpaired) electrons. The van der Waals surface area contributed by atoms with Gasteiger partial charge in [-0.2, -0.15) is 0 Å². The van der Waals surface area contributed by atoms with Gasteiger partial charge in [-0.3, -0.25) is 19.0 Å². The van der Waals surface area contributed by atoms with Crippen molar-refractivity contribution in [1.82, 2.24) is 9.47 Å². The van der Waals surface area contributed by atoms with Crippen LogP contribution in [0.5, 0.6) is 0 Å². The number of hydrogen-bond acceptors (Lipinski definition) is 3. The molecule has 1 amide bonds. The third kappa shape index (κ3) is 3.74. The highest BCUT2D eigenvalue weighted by Crippen LogP contribution is 2.18. The summed E-state index contributed by atoms with van der Waals surface area (Å²) in [4.78, 5) is 39.6. The summed E-state index contributed by atoms with van der Waals surface area (Å²) in [7, 11) is 0. The fourth-order valence-corrected chi connectivity index (χ4v) is 2.67. The van der Waals surface area contributed by atoms with Gasteiger partial charge in [-0.25, -0.2) is 0 Å². The Morgan fingerprint density at radius 3 is 2.29 bits per heavy atom. The van der Waals surface area contributed by atoms with E-state index in [-0.39, 0.29) is 5.02 Å². The quantitative estimate of drug-likeness (QED) is 0.597. The van der Waals surface area contributed by atoms with Crippen LogP contribution in [-0.2, 0) is 4.79 Å². The Hall–Kier alpha value is -2.40. The fourth-order valence-electron chi connectivity index (χ4n) is 2.50. The zero-order chi connectivity index (χ0) is 17.7. The van der Waals surface area contributed by atoms with Gasteiger partial charge in [-0.1, -0.05) is 41.9 Å². The molecule has 6 heteroatoms. The number of hydrogen-bond donors (Lipinski definition) is 0. The zero-order valence-corrected chi connectivity index (χ0v) is 14.4. The Labute approximate surface area is 145 Å². The number of ketones is 1. The van der Waals surface area contributed by atoms with Crippen molar-refractivity contribution in [3.8, 4) is 0 Å². The summed E-state index contributed by atoms with van der Waals surface area (Å²) < 4.78 is 1.11. The highest BCUT2D eigenvalue weighted by molar-refractivity contribution is 6.30. The summed E-state index contributed by atoms with van der Waals surface area (Å²) in [5.74, 6) is -0.852. The molecule has 0 bridgehead atoms. The van der Waals surface area contributed by atoms with Gasteiger partial charge < -0.3 is 4.90 Å². The Kier molecular flexibility index (Phi) is 5.93. The van der Waals surface area contributed by atoms with Crippen molar-refractivity contribution in [3.05, 3.63) is 69.6 Å². The molecule has 0 saturated heterocycles. The largest absolute Gasteiger partial charge is 0.341 e. The molecule has 0 aliphatic carbocycles. The third-order valence-electron chi connectivity index (χ3n) is 3.80. The Morgan fingerprint density at radius 2 is 1.71 bits per heavy atom. The maximum Gasteiger partial charge on any atom is 0.253 e. The SMILES string of the molecule is CCN(CC)C(=O)C(C(=O)c1ccccc1)n1cc(Cl)ccc1=O. The molecular formula is C18H19ClN2O3. The van der Waals surface area contributed by atoms with E-state index in [2.05, 4.69) is 0 Å². The standard InChI is InChI=1S/C18H19ClN2O3/c1-3-20(4-2)18(24)16(17(23)13-8-6-5-7-9-13)21-12-14(19)10-11-15(21)22/h5-12,16H,3-4H2,1-2H3. The van der Waals surface area contributed by atoms with Crippen LogP contribution in [-0.4, -0.2) is 34.2 Å². The summed E-state index contributed by atoms with van der Waals surface area (Å²) in [5.41, 5.74) is -0.0796. The van der Waals surface area contributed by atoms with Crippen LogP contribution in [0.4, 0.5) is 0 Å². The number of likely N-dealkylation sites (N-methyl/N-ethyl adjacent to an activating group) is 1. The summed E-state index contributed by atoms with van der Waals surface area (Å²) in [6.45, 7) is 4.55. The van der Waals surface area contributed by atoms with Gasteiger partial charge >= 0.3 is 0 Å². The van der Waals surface area contributed by atoms with Crippen molar-refractivity contribution in [2.24, 2.45) is 0 Å². The lowest BCUT2D eigenvalue weighted by atomic mass is 10.0. The number of rotatable bonds is 6. The van der Waals surface area contributed by atoms with Crippen molar-refractivity contribution in [1.29, 1.82) is 0 Å². The summed E-state index contributed by atoms with van der Waals surface area (Å²) in [6.07, 6.45) is 1.33. The highest BCUT2D eigenvalue weighted by Gasteiger charge is 2.32. The lowest BCUT2D eigenvalue weighted by Gasteiger charge is -2.25. The van der Waals surface area contributed by atoms with E-state index in [1.54, 1.807) is 30.3 Å². The Bertz CT molecular complexity index is 782. The maximum absolute atomic E-state index is 12.9. The van der Waals surface area contributed by atoms with Crippen LogP contribution in [0.2, 0.25) is 5.02 Å². The minimum Gasteiger partial charge on any atom is -0.341 e. The lowest BCUT2D eigenvalue weighted by Crippen LogP contribution is -2.43. The van der Waals surface area contributed by atoms with Crippen molar-refractivity contribution in [2.45, 2.75) is 19.9 Å². The van der Waals surface area contributed by atoms with Gasteiger partial charge in [-0.05, 0) is 19.9 Å². The van der Waals surface area contributed by atoms with E-state index >= 15 is 0 Å². The maximum atomic E-state index is 12.9. The van der Waals surface area contributed by atoms with E-state index in [4.69, 9.17) is 11.6 Å². The molecule has 0 N–H and O–H groups in total. The topological polar surface area (TPSA) is 59.4 Å². The molecule has 5 nitrogen and oxygen atoms in total. The molecule has 0 spiro atoms. The molecule has 1 heterocycles. The molecule has 0 saturated carbocycles. The summed E-state index contributed by atoms with van der Waals surface area (Å²) in [6, 6.07) is 9.89. The number of Topliss-reactive ketones (excluding diaryl/α,β-unsaturated/α-hetero) is 1. The monoisotopic (exact) mass is 346 g/mol. The van der Waals surface area contributed by atoms with Gasteiger partial charge in [-0.15, -0.1) is 0 Å². The van der Waals surface area contributed by atoms with E-state index in [1.165, 1.54) is 23.2 Å². The summed E-state index contributed by atoms with van der Waals surface area (Å²) >= 11 is 5.97. The minimum atomic E-state index is -1.27. The average Bonchev–Trinajstić information content (AvgIpc) is 2.60. The first-order valence-corrected chi connectivity index (χ1v) is 8.13. The second kappa shape index (κ2) is 7.93. The van der Waals surface area contributed by atoms with Crippen LogP contribution in [0.15, 0.2) is 53.5 Å². The first-order valence-electron chi connectivity index (χ1n) is 7.75. The normalized spacial score (nSPS) is 11.8. The first kappa shape index (κ1) is 17.9. The summed E-state index contributed by atoms with van der Waals surface area (Å²) in [5, 5.41) is 0.285. The number of nitrogens with zero attached hydrogens (tertiary/aromatic N) is 2. The van der Waals surface area contributed by atoms with Crippen LogP contribution in [0.3, 0.4) is 0 Å². The number of carbonyl (C=O) groups is 2. The second-order valence-electron chi connectivity index (χ2n) is 5.24. The number of pyridine rings is 1. The molecule has 1 unspecified atom stereocenters. The van der Waals surface area contributed by atoms with Crippen molar-refractivity contribution in [3.63, 3.8) is 0 Å². The van der Waals surface area contributed by atoms with E-state index in [0.29, 0.717) is 18.7 Å². The number of carbonyl (C=O) groups excluding carboxylic acids is 2. The molecule has 2 rings (SSSR count). The predicted molar refractivity (Wildman–Crippen MR) is 93.4 cm³/mol. The molecule has 2 aromatic rings. The molecule has 1 aromatic heterocycles. The molecule has 0 aliphatic heterocycles. The molecule has 0 fully saturated rings. The van der Waals surface area contributed by atoms with Crippen LogP contribution >= 0.6 is 11.6 Å². The van der Waals surface area contributed by atoms with Crippen LogP contribution < -0.4 is 5.56 Å². The predicted octanol–water partition coefficient (Wildman–Crippen LogP) is 2.79. The number of benzene rings is 1. The van der Waals surface area contributed by atoms with Gasteiger partial charge in [0.15, 0.2) is 11.8 Å². The molecule has 1 aromatic carbocycles. The molecular weight excluding hydrogens is 328 g/mol. The number of aromatic nitrogens is 1. The van der Waals surface area contributed by atoms with Crippen molar-refractivity contribution < 1.29 is 9.59 Å². The van der Waals surface area contributed by atoms with Gasteiger partial charge in [0, 0.05) is 30.9 Å². The van der Waals surface area contributed by atoms with E-state index < -0.39 is 23.3 Å². The van der Waals surface area contributed by atoms with Crippen LogP contribution in [0, 0.1) is 0 Å². The van der Waals surface area contributed by atoms with Crippen LogP contribution in [0.1, 0.15) is 30.2 Å². The smallest absolute Gasteiger partial charge is 0.253 e. The second-order valence-corrected chi connectivity index (χ2v) is 5.67. The van der Waals surface area contributed by atoms with Crippen LogP contribution in [0.25, 0.3) is 0 Å². The number of halogens is 1. The number of amides is 1. The van der Waals surface area contributed by atoms with E-state index in [0.717, 1.165) is 4.57 Å². The first-order chi connectivity index (χ1) is 11.5. The molecule has 126 valence electrons. The molecule has 24 heavy (non-hydrogen) atoms. The van der Waals surface area contributed by atoms with Gasteiger partial charge in [0.05, 0.1) is 5.02 Å². The lowest BCUT2D eigenvalue weighted by molar-refractivity contribution is -0.133. The van der Waals surface area contributed by atoms with Gasteiger partial charge in [0.1, 0.15) is 0 Å². The zero-order valence-electron chi connectivity index (χ0n) is 13.6. The molecule has 0 aliphatic rings. The highest BCUT2D eigenvalue weighted by atomic mass is 35.5. The fraction of sp³-hybridized carbons (Fsp3) is 0.278. The van der Waals surface area contributed by atoms with Crippen molar-refractivity contribution >= 4 is 23.3 Å². The Balaban J connectivity index is 2.57. The van der Waals surface area contributed by atoms with Gasteiger partial charge in [0.2, 0.25) is 0 Å². The minimum absolute atomic E-state index is 0.285. The van der Waals surface area contributed by atoms with Crippen molar-refractivity contribution in [2.75, 3.05) is 13.1 Å². The average molecular weight is 347 g/mol.